The quantitative estimate of drug-likeness (QED) is 0.823. The van der Waals surface area contributed by atoms with Gasteiger partial charge in [0.05, 0.1) is 5.69 Å². The summed E-state index contributed by atoms with van der Waals surface area (Å²) in [5, 5.41) is 16.6. The minimum Gasteiger partial charge on any atom is -0.480 e. The molecule has 0 aromatic carbocycles. The van der Waals surface area contributed by atoms with Gasteiger partial charge in [0.25, 0.3) is 5.91 Å². The molecule has 7 nitrogen and oxygen atoms in total. The molecular formula is C14H22N4O3. The molecule has 1 fully saturated rings. The number of hydrogen-bond donors (Lipinski definition) is 2. The summed E-state index contributed by atoms with van der Waals surface area (Å²) in [4.78, 5) is 25.3. The molecule has 1 saturated heterocycles. The molecule has 116 valence electrons. The van der Waals surface area contributed by atoms with Crippen LogP contribution >= 0.6 is 0 Å². The fourth-order valence-corrected chi connectivity index (χ4v) is 2.56. The maximum Gasteiger partial charge on any atom is 0.327 e. The number of rotatable bonds is 4. The van der Waals surface area contributed by atoms with Gasteiger partial charge >= 0.3 is 5.97 Å². The first kappa shape index (κ1) is 15.5. The molecule has 0 aliphatic carbocycles. The molecule has 0 saturated carbocycles. The summed E-state index contributed by atoms with van der Waals surface area (Å²) in [7, 11) is 1.72. The zero-order valence-electron chi connectivity index (χ0n) is 12.7. The Labute approximate surface area is 123 Å². The van der Waals surface area contributed by atoms with E-state index in [2.05, 4.69) is 24.3 Å². The zero-order chi connectivity index (χ0) is 15.6. The van der Waals surface area contributed by atoms with Gasteiger partial charge in [-0.15, -0.1) is 0 Å². The summed E-state index contributed by atoms with van der Waals surface area (Å²) in [6.45, 7) is 5.45. The number of aryl methyl sites for hydroxylation is 1. The van der Waals surface area contributed by atoms with Gasteiger partial charge in [-0.25, -0.2) is 4.79 Å². The number of carboxylic acid groups (broad SMARTS) is 1. The highest BCUT2D eigenvalue weighted by molar-refractivity contribution is 5.95. The van der Waals surface area contributed by atoms with Gasteiger partial charge in [-0.05, 0) is 18.4 Å². The third-order valence-electron chi connectivity index (χ3n) is 3.56. The van der Waals surface area contributed by atoms with E-state index in [1.54, 1.807) is 17.8 Å². The van der Waals surface area contributed by atoms with Crippen molar-refractivity contribution in [3.63, 3.8) is 0 Å². The van der Waals surface area contributed by atoms with Crippen LogP contribution in [0, 0.1) is 5.92 Å². The van der Waals surface area contributed by atoms with Gasteiger partial charge in [0.2, 0.25) is 0 Å². The maximum atomic E-state index is 12.6. The van der Waals surface area contributed by atoms with Crippen LogP contribution in [0.5, 0.6) is 0 Å². The summed E-state index contributed by atoms with van der Waals surface area (Å²) >= 11 is 0. The highest BCUT2D eigenvalue weighted by atomic mass is 16.4. The molecular weight excluding hydrogens is 272 g/mol. The van der Waals surface area contributed by atoms with Gasteiger partial charge in [0.1, 0.15) is 11.7 Å². The van der Waals surface area contributed by atoms with E-state index in [-0.39, 0.29) is 12.5 Å². The predicted octanol–water partition coefficient (Wildman–Crippen LogP) is 0.117. The second-order valence-corrected chi connectivity index (χ2v) is 5.80. The minimum absolute atomic E-state index is 0.270. The number of amides is 1. The number of carboxylic acids is 1. The summed E-state index contributed by atoms with van der Waals surface area (Å²) in [6, 6.07) is 0.943. The van der Waals surface area contributed by atoms with E-state index < -0.39 is 12.0 Å². The van der Waals surface area contributed by atoms with Crippen molar-refractivity contribution in [3.05, 3.63) is 17.5 Å². The second-order valence-electron chi connectivity index (χ2n) is 5.80. The van der Waals surface area contributed by atoms with E-state index >= 15 is 0 Å². The molecule has 0 spiro atoms. The lowest BCUT2D eigenvalue weighted by Gasteiger charge is -2.33. The van der Waals surface area contributed by atoms with Gasteiger partial charge in [-0.1, -0.05) is 13.8 Å². The molecule has 1 aliphatic heterocycles. The molecule has 1 amide bonds. The van der Waals surface area contributed by atoms with Crippen LogP contribution in [0.25, 0.3) is 0 Å². The lowest BCUT2D eigenvalue weighted by molar-refractivity contribution is -0.142. The zero-order valence-corrected chi connectivity index (χ0v) is 12.7. The van der Waals surface area contributed by atoms with Crippen LogP contribution in [0.3, 0.4) is 0 Å². The molecule has 1 aliphatic rings. The molecule has 21 heavy (non-hydrogen) atoms. The lowest BCUT2D eigenvalue weighted by atomic mass is 10.1. The first-order chi connectivity index (χ1) is 9.90. The first-order valence-corrected chi connectivity index (χ1v) is 7.17. The number of nitrogens with one attached hydrogen (secondary N) is 1. The molecule has 1 aromatic rings. The van der Waals surface area contributed by atoms with E-state index in [0.29, 0.717) is 24.7 Å². The van der Waals surface area contributed by atoms with Crippen LogP contribution in [0.15, 0.2) is 6.07 Å². The van der Waals surface area contributed by atoms with Crippen LogP contribution in [0.2, 0.25) is 0 Å². The van der Waals surface area contributed by atoms with E-state index in [0.717, 1.165) is 12.1 Å². The Morgan fingerprint density at radius 3 is 2.86 bits per heavy atom. The number of aliphatic carboxylic acids is 1. The Bertz CT molecular complexity index is 538. The monoisotopic (exact) mass is 294 g/mol. The average molecular weight is 294 g/mol. The average Bonchev–Trinajstić information content (AvgIpc) is 2.77. The number of hydrogen-bond acceptors (Lipinski definition) is 4. The van der Waals surface area contributed by atoms with Crippen molar-refractivity contribution < 1.29 is 14.7 Å². The maximum absolute atomic E-state index is 12.6. The molecule has 0 bridgehead atoms. The fourth-order valence-electron chi connectivity index (χ4n) is 2.56. The lowest BCUT2D eigenvalue weighted by Crippen LogP contribution is -2.57. The van der Waals surface area contributed by atoms with Crippen molar-refractivity contribution in [2.75, 3.05) is 19.6 Å². The summed E-state index contributed by atoms with van der Waals surface area (Å²) in [5.41, 5.74) is 1.30. The Morgan fingerprint density at radius 2 is 2.24 bits per heavy atom. The molecule has 2 heterocycles. The smallest absolute Gasteiger partial charge is 0.327 e. The first-order valence-electron chi connectivity index (χ1n) is 7.17. The SMILES string of the molecule is CC(C)Cc1cc(C(=O)N2CCNCC2C(=O)O)n(C)n1. The van der Waals surface area contributed by atoms with Crippen LogP contribution < -0.4 is 5.32 Å². The predicted molar refractivity (Wildman–Crippen MR) is 77.1 cm³/mol. The Morgan fingerprint density at radius 1 is 1.52 bits per heavy atom. The topological polar surface area (TPSA) is 87.5 Å². The molecule has 2 rings (SSSR count). The molecule has 1 unspecified atom stereocenters. The third kappa shape index (κ3) is 3.41. The Balaban J connectivity index is 2.22. The summed E-state index contributed by atoms with van der Waals surface area (Å²) < 4.78 is 1.54. The van der Waals surface area contributed by atoms with Gasteiger partial charge in [-0.3, -0.25) is 9.48 Å². The van der Waals surface area contributed by atoms with Crippen LogP contribution in [-0.4, -0.2) is 57.3 Å². The van der Waals surface area contributed by atoms with E-state index in [1.165, 1.54) is 4.90 Å². The van der Waals surface area contributed by atoms with Crippen LogP contribution in [0.4, 0.5) is 0 Å². The highest BCUT2D eigenvalue weighted by Crippen LogP contribution is 2.14. The van der Waals surface area contributed by atoms with Crippen LogP contribution in [-0.2, 0) is 18.3 Å². The van der Waals surface area contributed by atoms with Crippen molar-refractivity contribution in [1.82, 2.24) is 20.0 Å². The number of carbonyl (C=O) groups excluding carboxylic acids is 1. The van der Waals surface area contributed by atoms with Gasteiger partial charge in [-0.2, -0.15) is 5.10 Å². The number of aromatic nitrogens is 2. The standard InChI is InChI=1S/C14H22N4O3/c1-9(2)6-10-7-11(17(3)16-10)13(19)18-5-4-15-8-12(18)14(20)21/h7,9,12,15H,4-6,8H2,1-3H3,(H,20,21). The van der Waals surface area contributed by atoms with E-state index in [9.17, 15) is 14.7 Å². The van der Waals surface area contributed by atoms with Crippen molar-refractivity contribution >= 4 is 11.9 Å². The minimum atomic E-state index is -0.986. The normalized spacial score (nSPS) is 19.0. The van der Waals surface area contributed by atoms with Crippen LogP contribution in [0.1, 0.15) is 30.0 Å². The van der Waals surface area contributed by atoms with Gasteiger partial charge in [0, 0.05) is 26.7 Å². The van der Waals surface area contributed by atoms with Crippen molar-refractivity contribution in [1.29, 1.82) is 0 Å². The van der Waals surface area contributed by atoms with Gasteiger partial charge in [0.15, 0.2) is 0 Å². The number of carbonyl (C=O) groups is 2. The number of nitrogens with zero attached hydrogens (tertiary/aromatic N) is 3. The van der Waals surface area contributed by atoms with Crippen molar-refractivity contribution in [2.24, 2.45) is 13.0 Å². The largest absolute Gasteiger partial charge is 0.480 e. The molecule has 2 N–H and O–H groups in total. The third-order valence-corrected chi connectivity index (χ3v) is 3.56. The Hall–Kier alpha value is -1.89. The number of piperazine rings is 1. The Kier molecular flexibility index (Phi) is 4.62. The van der Waals surface area contributed by atoms with Crippen molar-refractivity contribution in [3.8, 4) is 0 Å². The molecule has 7 heteroatoms. The fraction of sp³-hybridized carbons (Fsp3) is 0.643. The van der Waals surface area contributed by atoms with Gasteiger partial charge < -0.3 is 15.3 Å². The summed E-state index contributed by atoms with van der Waals surface area (Å²) in [6.07, 6.45) is 0.797. The molecule has 1 aromatic heterocycles. The molecule has 1 atom stereocenters. The van der Waals surface area contributed by atoms with Crippen molar-refractivity contribution in [2.45, 2.75) is 26.3 Å². The van der Waals surface area contributed by atoms with E-state index in [4.69, 9.17) is 0 Å². The van der Waals surface area contributed by atoms with E-state index in [1.807, 2.05) is 0 Å². The second kappa shape index (κ2) is 6.26. The highest BCUT2D eigenvalue weighted by Gasteiger charge is 2.33. The summed E-state index contributed by atoms with van der Waals surface area (Å²) in [5.74, 6) is -0.803. The molecule has 0 radical (unpaired) electrons.